The Balaban J connectivity index is 2.19. The van der Waals surface area contributed by atoms with Crippen molar-refractivity contribution in [3.05, 3.63) is 28.8 Å². The zero-order valence-electron chi connectivity index (χ0n) is 9.06. The Morgan fingerprint density at radius 2 is 1.94 bits per heavy atom. The highest BCUT2D eigenvalue weighted by Gasteiger charge is 2.19. The molecule has 16 heavy (non-hydrogen) atoms. The molecular formula is C11H15BClNO2. The Labute approximate surface area is 101 Å². The average molecular weight is 240 g/mol. The van der Waals surface area contributed by atoms with Crippen LogP contribution in [0.15, 0.2) is 18.2 Å². The topological polar surface area (TPSA) is 43.7 Å². The maximum atomic E-state index is 9.26. The fourth-order valence-electron chi connectivity index (χ4n) is 2.14. The Bertz CT molecular complexity index is 367. The second-order valence-corrected chi connectivity index (χ2v) is 4.64. The molecule has 0 unspecified atom stereocenters. The van der Waals surface area contributed by atoms with Gasteiger partial charge in [-0.25, -0.2) is 0 Å². The third-order valence-electron chi connectivity index (χ3n) is 2.98. The van der Waals surface area contributed by atoms with Crippen LogP contribution in [0.5, 0.6) is 0 Å². The van der Waals surface area contributed by atoms with E-state index in [0.29, 0.717) is 10.5 Å². The molecule has 0 spiro atoms. The normalized spacial score (nSPS) is 16.7. The molecule has 1 heterocycles. The van der Waals surface area contributed by atoms with Gasteiger partial charge in [-0.2, -0.15) is 0 Å². The molecule has 0 radical (unpaired) electrons. The van der Waals surface area contributed by atoms with Crippen molar-refractivity contribution >= 4 is 24.2 Å². The lowest BCUT2D eigenvalue weighted by molar-refractivity contribution is 0.331. The van der Waals surface area contributed by atoms with Crippen molar-refractivity contribution in [1.29, 1.82) is 0 Å². The summed E-state index contributed by atoms with van der Waals surface area (Å²) in [4.78, 5) is 2.30. The van der Waals surface area contributed by atoms with Crippen LogP contribution in [0.25, 0.3) is 0 Å². The molecule has 0 aliphatic carbocycles. The van der Waals surface area contributed by atoms with Crippen molar-refractivity contribution < 1.29 is 10.0 Å². The number of hydrogen-bond acceptors (Lipinski definition) is 3. The molecule has 3 nitrogen and oxygen atoms in total. The predicted octanol–water partition coefficient (Wildman–Crippen LogP) is 0.616. The van der Waals surface area contributed by atoms with E-state index in [1.54, 1.807) is 12.1 Å². The van der Waals surface area contributed by atoms with E-state index in [4.69, 9.17) is 11.6 Å². The van der Waals surface area contributed by atoms with Crippen LogP contribution in [0.2, 0.25) is 5.02 Å². The zero-order valence-corrected chi connectivity index (χ0v) is 9.82. The highest BCUT2D eigenvalue weighted by atomic mass is 35.5. The molecule has 1 aliphatic rings. The highest BCUT2D eigenvalue weighted by molar-refractivity contribution is 6.59. The van der Waals surface area contributed by atoms with E-state index < -0.39 is 7.12 Å². The standard InChI is InChI=1S/C11H15BClNO2/c13-10-3-4-11(12(15)16)9(7-10)8-14-5-1-2-6-14/h3-4,7,15-16H,1-2,5-6,8H2. The molecule has 1 saturated heterocycles. The van der Waals surface area contributed by atoms with E-state index >= 15 is 0 Å². The Kier molecular flexibility index (Phi) is 3.87. The minimum atomic E-state index is -1.42. The van der Waals surface area contributed by atoms with Crippen LogP contribution >= 0.6 is 11.6 Å². The molecule has 1 aromatic rings. The minimum absolute atomic E-state index is 0.552. The van der Waals surface area contributed by atoms with Gasteiger partial charge < -0.3 is 10.0 Å². The molecule has 1 fully saturated rings. The number of likely N-dealkylation sites (tertiary alicyclic amines) is 1. The Morgan fingerprint density at radius 1 is 1.25 bits per heavy atom. The Morgan fingerprint density at radius 3 is 2.56 bits per heavy atom. The molecule has 2 N–H and O–H groups in total. The molecule has 0 atom stereocenters. The second kappa shape index (κ2) is 5.19. The van der Waals surface area contributed by atoms with Crippen LogP contribution in [0.3, 0.4) is 0 Å². The lowest BCUT2D eigenvalue weighted by atomic mass is 9.77. The SMILES string of the molecule is OB(O)c1ccc(Cl)cc1CN1CCCC1. The number of benzene rings is 1. The first kappa shape index (κ1) is 11.9. The molecule has 1 aliphatic heterocycles. The number of halogens is 1. The van der Waals surface area contributed by atoms with Gasteiger partial charge in [0.2, 0.25) is 0 Å². The third-order valence-corrected chi connectivity index (χ3v) is 3.21. The van der Waals surface area contributed by atoms with Crippen molar-refractivity contribution in [2.45, 2.75) is 19.4 Å². The fraction of sp³-hybridized carbons (Fsp3) is 0.455. The maximum absolute atomic E-state index is 9.26. The molecule has 0 aromatic heterocycles. The smallest absolute Gasteiger partial charge is 0.423 e. The van der Waals surface area contributed by atoms with Crippen LogP contribution in [-0.2, 0) is 6.54 Å². The molecule has 86 valence electrons. The summed E-state index contributed by atoms with van der Waals surface area (Å²) in [6.45, 7) is 2.90. The molecule has 0 saturated carbocycles. The summed E-state index contributed by atoms with van der Waals surface area (Å²) in [6, 6.07) is 5.18. The van der Waals surface area contributed by atoms with Gasteiger partial charge in [-0.3, -0.25) is 4.90 Å². The molecule has 5 heteroatoms. The zero-order chi connectivity index (χ0) is 11.5. The third kappa shape index (κ3) is 2.77. The van der Waals surface area contributed by atoms with Gasteiger partial charge in [-0.05, 0) is 49.1 Å². The first-order valence-corrected chi connectivity index (χ1v) is 5.91. The van der Waals surface area contributed by atoms with Crippen molar-refractivity contribution in [2.75, 3.05) is 13.1 Å². The first-order chi connectivity index (χ1) is 7.66. The quantitative estimate of drug-likeness (QED) is 0.760. The van der Waals surface area contributed by atoms with Gasteiger partial charge >= 0.3 is 7.12 Å². The fourth-order valence-corrected chi connectivity index (χ4v) is 2.34. The number of hydrogen-bond donors (Lipinski definition) is 2. The van der Waals surface area contributed by atoms with Crippen LogP contribution in [0.1, 0.15) is 18.4 Å². The second-order valence-electron chi connectivity index (χ2n) is 4.20. The van der Waals surface area contributed by atoms with Crippen LogP contribution in [0, 0.1) is 0 Å². The van der Waals surface area contributed by atoms with Gasteiger partial charge in [0.05, 0.1) is 0 Å². The van der Waals surface area contributed by atoms with Crippen molar-refractivity contribution in [1.82, 2.24) is 4.90 Å². The monoisotopic (exact) mass is 239 g/mol. The largest absolute Gasteiger partial charge is 0.488 e. The van der Waals surface area contributed by atoms with Crippen molar-refractivity contribution in [3.63, 3.8) is 0 Å². The average Bonchev–Trinajstić information content (AvgIpc) is 2.70. The summed E-state index contributed by atoms with van der Waals surface area (Å²) in [6.07, 6.45) is 2.44. The summed E-state index contributed by atoms with van der Waals surface area (Å²) >= 11 is 5.93. The van der Waals surface area contributed by atoms with E-state index in [1.807, 2.05) is 6.07 Å². The summed E-state index contributed by atoms with van der Waals surface area (Å²) in [5.74, 6) is 0. The molecule has 2 rings (SSSR count). The summed E-state index contributed by atoms with van der Waals surface area (Å²) in [5, 5.41) is 19.2. The predicted molar refractivity (Wildman–Crippen MR) is 65.8 cm³/mol. The molecule has 0 bridgehead atoms. The Hall–Kier alpha value is -0.545. The number of rotatable bonds is 3. The van der Waals surface area contributed by atoms with E-state index in [-0.39, 0.29) is 0 Å². The van der Waals surface area contributed by atoms with E-state index in [2.05, 4.69) is 4.90 Å². The van der Waals surface area contributed by atoms with E-state index in [1.165, 1.54) is 12.8 Å². The lowest BCUT2D eigenvalue weighted by Crippen LogP contribution is -2.35. The van der Waals surface area contributed by atoms with Gasteiger partial charge in [-0.1, -0.05) is 17.7 Å². The van der Waals surface area contributed by atoms with Crippen LogP contribution in [-0.4, -0.2) is 35.2 Å². The minimum Gasteiger partial charge on any atom is -0.423 e. The van der Waals surface area contributed by atoms with Crippen LogP contribution in [0.4, 0.5) is 0 Å². The molecule has 1 aromatic carbocycles. The number of nitrogens with zero attached hydrogens (tertiary/aromatic N) is 1. The van der Waals surface area contributed by atoms with Gasteiger partial charge in [0.15, 0.2) is 0 Å². The molecule has 0 amide bonds. The maximum Gasteiger partial charge on any atom is 0.488 e. The van der Waals surface area contributed by atoms with E-state index in [0.717, 1.165) is 25.2 Å². The van der Waals surface area contributed by atoms with Gasteiger partial charge in [0, 0.05) is 11.6 Å². The van der Waals surface area contributed by atoms with E-state index in [9.17, 15) is 10.0 Å². The van der Waals surface area contributed by atoms with Gasteiger partial charge in [0.1, 0.15) is 0 Å². The van der Waals surface area contributed by atoms with Gasteiger partial charge in [0.25, 0.3) is 0 Å². The summed E-state index contributed by atoms with van der Waals surface area (Å²) < 4.78 is 0. The van der Waals surface area contributed by atoms with Crippen molar-refractivity contribution in [3.8, 4) is 0 Å². The summed E-state index contributed by atoms with van der Waals surface area (Å²) in [7, 11) is -1.42. The van der Waals surface area contributed by atoms with Crippen molar-refractivity contribution in [2.24, 2.45) is 0 Å². The first-order valence-electron chi connectivity index (χ1n) is 5.53. The van der Waals surface area contributed by atoms with Gasteiger partial charge in [-0.15, -0.1) is 0 Å². The summed E-state index contributed by atoms with van der Waals surface area (Å²) in [5.41, 5.74) is 1.46. The lowest BCUT2D eigenvalue weighted by Gasteiger charge is -2.17. The molecular weight excluding hydrogens is 224 g/mol. The highest BCUT2D eigenvalue weighted by Crippen LogP contribution is 2.15. The van der Waals surface area contributed by atoms with Crippen LogP contribution < -0.4 is 5.46 Å².